The molecule has 7 heteroatoms. The molecule has 0 atom stereocenters. The van der Waals surface area contributed by atoms with E-state index in [9.17, 15) is 13.2 Å². The van der Waals surface area contributed by atoms with Crippen molar-refractivity contribution >= 4 is 0 Å². The fraction of sp³-hybridized carbons (Fsp3) is 0.350. The molecule has 4 rings (SSSR count). The average Bonchev–Trinajstić information content (AvgIpc) is 3.33. The number of nitrogens with one attached hydrogen (secondary N) is 1. The van der Waals surface area contributed by atoms with E-state index in [0.717, 1.165) is 55.6 Å². The maximum atomic E-state index is 13.0. The molecule has 27 heavy (non-hydrogen) atoms. The van der Waals surface area contributed by atoms with Crippen LogP contribution in [0, 0.1) is 0 Å². The minimum atomic E-state index is -4.35. The molecule has 2 aromatic heterocycles. The smallest absolute Gasteiger partial charge is 0.416 e. The summed E-state index contributed by atoms with van der Waals surface area (Å²) in [6.07, 6.45) is 0.800. The zero-order chi connectivity index (χ0) is 18.9. The van der Waals surface area contributed by atoms with Gasteiger partial charge in [-0.3, -0.25) is 10.00 Å². The van der Waals surface area contributed by atoms with Gasteiger partial charge in [0.1, 0.15) is 5.76 Å². The summed E-state index contributed by atoms with van der Waals surface area (Å²) in [7, 11) is 0. The van der Waals surface area contributed by atoms with Crippen molar-refractivity contribution in [1.82, 2.24) is 15.1 Å². The van der Waals surface area contributed by atoms with Crippen molar-refractivity contribution in [2.24, 2.45) is 0 Å². The van der Waals surface area contributed by atoms with E-state index in [4.69, 9.17) is 4.42 Å². The highest BCUT2D eigenvalue weighted by atomic mass is 19.4. The minimum absolute atomic E-state index is 0.255. The number of piperidine rings is 1. The zero-order valence-electron chi connectivity index (χ0n) is 14.7. The van der Waals surface area contributed by atoms with Crippen LogP contribution in [0.4, 0.5) is 13.2 Å². The maximum Gasteiger partial charge on any atom is 0.416 e. The second-order valence-electron chi connectivity index (χ2n) is 6.91. The van der Waals surface area contributed by atoms with Gasteiger partial charge in [0.2, 0.25) is 0 Å². The molecule has 0 aliphatic carbocycles. The molecule has 1 aliphatic rings. The van der Waals surface area contributed by atoms with Gasteiger partial charge in [0.25, 0.3) is 0 Å². The van der Waals surface area contributed by atoms with Gasteiger partial charge >= 0.3 is 6.18 Å². The number of furan rings is 1. The number of aromatic nitrogens is 2. The van der Waals surface area contributed by atoms with E-state index in [1.165, 1.54) is 12.1 Å². The monoisotopic (exact) mass is 375 g/mol. The average molecular weight is 375 g/mol. The number of aromatic amines is 1. The van der Waals surface area contributed by atoms with E-state index in [-0.39, 0.29) is 5.92 Å². The first-order valence-electron chi connectivity index (χ1n) is 8.96. The lowest BCUT2D eigenvalue weighted by Crippen LogP contribution is -2.32. The lowest BCUT2D eigenvalue weighted by atomic mass is 9.89. The highest BCUT2D eigenvalue weighted by Crippen LogP contribution is 2.36. The molecule has 0 spiro atoms. The lowest BCUT2D eigenvalue weighted by Gasteiger charge is -2.31. The number of H-pyrrole nitrogens is 1. The molecule has 0 radical (unpaired) electrons. The Balaban J connectivity index is 1.48. The number of alkyl halides is 3. The maximum absolute atomic E-state index is 13.0. The normalized spacial score (nSPS) is 16.7. The molecule has 1 fully saturated rings. The Bertz CT molecular complexity index is 878. The molecule has 0 saturated carbocycles. The zero-order valence-corrected chi connectivity index (χ0v) is 14.7. The van der Waals surface area contributed by atoms with Crippen molar-refractivity contribution in [3.8, 4) is 11.1 Å². The molecule has 4 nitrogen and oxygen atoms in total. The van der Waals surface area contributed by atoms with E-state index >= 15 is 0 Å². The first kappa shape index (κ1) is 17.9. The van der Waals surface area contributed by atoms with Crippen LogP contribution in [0.25, 0.3) is 11.1 Å². The van der Waals surface area contributed by atoms with Crippen LogP contribution in [0.3, 0.4) is 0 Å². The van der Waals surface area contributed by atoms with Gasteiger partial charge < -0.3 is 4.42 Å². The first-order valence-corrected chi connectivity index (χ1v) is 8.96. The van der Waals surface area contributed by atoms with E-state index in [0.29, 0.717) is 5.56 Å². The summed E-state index contributed by atoms with van der Waals surface area (Å²) in [5.74, 6) is 1.20. The summed E-state index contributed by atoms with van der Waals surface area (Å²) >= 11 is 0. The molecule has 0 bridgehead atoms. The topological polar surface area (TPSA) is 45.1 Å². The molecule has 0 amide bonds. The Kier molecular flexibility index (Phi) is 4.78. The molecule has 1 aliphatic heterocycles. The second-order valence-corrected chi connectivity index (χ2v) is 6.91. The summed E-state index contributed by atoms with van der Waals surface area (Å²) in [5, 5.41) is 7.13. The number of rotatable bonds is 4. The number of likely N-dealkylation sites (tertiary alicyclic amines) is 1. The quantitative estimate of drug-likeness (QED) is 0.693. The SMILES string of the molecule is FC(F)(F)c1cccc(-c2cn[nH]c2C2CCN(Cc3ccco3)CC2)c1. The third kappa shape index (κ3) is 3.93. The molecule has 3 aromatic rings. The number of hydrogen-bond donors (Lipinski definition) is 1. The summed E-state index contributed by atoms with van der Waals surface area (Å²) in [6.45, 7) is 2.60. The predicted octanol–water partition coefficient (Wildman–Crippen LogP) is 5.07. The van der Waals surface area contributed by atoms with Crippen LogP contribution < -0.4 is 0 Å². The molecule has 1 aromatic carbocycles. The molecule has 0 unspecified atom stereocenters. The molecular weight excluding hydrogens is 355 g/mol. The van der Waals surface area contributed by atoms with Crippen LogP contribution in [0.15, 0.2) is 53.3 Å². The van der Waals surface area contributed by atoms with Gasteiger partial charge in [-0.05, 0) is 55.8 Å². The van der Waals surface area contributed by atoms with E-state index in [1.807, 2.05) is 12.1 Å². The highest BCUT2D eigenvalue weighted by Gasteiger charge is 2.31. The first-order chi connectivity index (χ1) is 13.0. The van der Waals surface area contributed by atoms with Crippen LogP contribution in [0.1, 0.15) is 35.8 Å². The van der Waals surface area contributed by atoms with E-state index in [1.54, 1.807) is 18.5 Å². The summed E-state index contributed by atoms with van der Waals surface area (Å²) < 4.78 is 44.5. The van der Waals surface area contributed by atoms with E-state index in [2.05, 4.69) is 15.1 Å². The van der Waals surface area contributed by atoms with Crippen molar-refractivity contribution in [3.05, 3.63) is 65.9 Å². The Morgan fingerprint density at radius 3 is 2.67 bits per heavy atom. The van der Waals surface area contributed by atoms with Crippen LogP contribution in [-0.4, -0.2) is 28.2 Å². The molecular formula is C20H20F3N3O. The van der Waals surface area contributed by atoms with Crippen molar-refractivity contribution in [2.45, 2.75) is 31.5 Å². The van der Waals surface area contributed by atoms with Gasteiger partial charge in [0, 0.05) is 17.2 Å². The van der Waals surface area contributed by atoms with Gasteiger partial charge in [-0.25, -0.2) is 0 Å². The Labute approximate surface area is 155 Å². The number of hydrogen-bond acceptors (Lipinski definition) is 3. The van der Waals surface area contributed by atoms with Crippen LogP contribution in [0.5, 0.6) is 0 Å². The van der Waals surface area contributed by atoms with Crippen molar-refractivity contribution in [3.63, 3.8) is 0 Å². The van der Waals surface area contributed by atoms with Gasteiger partial charge in [0.05, 0.1) is 24.6 Å². The Morgan fingerprint density at radius 2 is 1.96 bits per heavy atom. The molecule has 3 heterocycles. The number of benzene rings is 1. The van der Waals surface area contributed by atoms with Crippen molar-refractivity contribution in [1.29, 1.82) is 0 Å². The van der Waals surface area contributed by atoms with Gasteiger partial charge in [-0.15, -0.1) is 0 Å². The standard InChI is InChI=1S/C20H20F3N3O/c21-20(22,23)16-4-1-3-15(11-16)18-12-24-25-19(18)14-6-8-26(9-7-14)13-17-5-2-10-27-17/h1-5,10-12,14H,6-9,13H2,(H,24,25). The van der Waals surface area contributed by atoms with Gasteiger partial charge in [0.15, 0.2) is 0 Å². The van der Waals surface area contributed by atoms with Crippen LogP contribution >= 0.6 is 0 Å². The molecule has 142 valence electrons. The molecule has 1 saturated heterocycles. The minimum Gasteiger partial charge on any atom is -0.468 e. The number of halogens is 3. The second kappa shape index (κ2) is 7.23. The van der Waals surface area contributed by atoms with Crippen molar-refractivity contribution in [2.75, 3.05) is 13.1 Å². The van der Waals surface area contributed by atoms with Gasteiger partial charge in [-0.1, -0.05) is 12.1 Å². The summed E-state index contributed by atoms with van der Waals surface area (Å²) in [4.78, 5) is 2.33. The summed E-state index contributed by atoms with van der Waals surface area (Å²) in [6, 6.07) is 9.29. The third-order valence-electron chi connectivity index (χ3n) is 5.13. The predicted molar refractivity (Wildman–Crippen MR) is 95.0 cm³/mol. The van der Waals surface area contributed by atoms with E-state index < -0.39 is 11.7 Å². The third-order valence-corrected chi connectivity index (χ3v) is 5.13. The largest absolute Gasteiger partial charge is 0.468 e. The number of nitrogens with zero attached hydrogens (tertiary/aromatic N) is 2. The fourth-order valence-corrected chi connectivity index (χ4v) is 3.70. The highest BCUT2D eigenvalue weighted by molar-refractivity contribution is 5.66. The Morgan fingerprint density at radius 1 is 1.15 bits per heavy atom. The summed E-state index contributed by atoms with van der Waals surface area (Å²) in [5.41, 5.74) is 1.59. The van der Waals surface area contributed by atoms with Crippen LogP contribution in [0.2, 0.25) is 0 Å². The molecule has 1 N–H and O–H groups in total. The van der Waals surface area contributed by atoms with Gasteiger partial charge in [-0.2, -0.15) is 18.3 Å². The van der Waals surface area contributed by atoms with Crippen molar-refractivity contribution < 1.29 is 17.6 Å². The lowest BCUT2D eigenvalue weighted by molar-refractivity contribution is -0.137. The fourth-order valence-electron chi connectivity index (χ4n) is 3.70. The van der Waals surface area contributed by atoms with Crippen LogP contribution in [-0.2, 0) is 12.7 Å². The Hall–Kier alpha value is -2.54.